The van der Waals surface area contributed by atoms with E-state index in [1.54, 1.807) is 25.3 Å². The highest BCUT2D eigenvalue weighted by Crippen LogP contribution is 2.22. The van der Waals surface area contributed by atoms with Crippen LogP contribution in [0.1, 0.15) is 19.2 Å². The van der Waals surface area contributed by atoms with Crippen molar-refractivity contribution in [2.24, 2.45) is 0 Å². The van der Waals surface area contributed by atoms with E-state index in [0.717, 1.165) is 17.8 Å². The number of imidazole rings is 1. The molecule has 0 aliphatic heterocycles. The van der Waals surface area contributed by atoms with Crippen LogP contribution >= 0.6 is 0 Å². The molecule has 0 radical (unpaired) electrons. The Kier molecular flexibility index (Phi) is 8.14. The molecule has 0 aliphatic carbocycles. The van der Waals surface area contributed by atoms with E-state index < -0.39 is 10.0 Å². The predicted octanol–water partition coefficient (Wildman–Crippen LogP) is 0.891. The van der Waals surface area contributed by atoms with Gasteiger partial charge in [-0.2, -0.15) is 0 Å². The number of carbonyl (C=O) groups excluding carboxylic acids is 1. The lowest BCUT2D eigenvalue weighted by Crippen LogP contribution is -2.36. The Morgan fingerprint density at radius 2 is 2.00 bits per heavy atom. The number of hydrogen-bond donors (Lipinski definition) is 1. The Balaban J connectivity index is 2.15. The number of aryl methyl sites for hydroxylation is 1. The van der Waals surface area contributed by atoms with Crippen LogP contribution in [0.4, 0.5) is 0 Å². The molecule has 0 aliphatic rings. The summed E-state index contributed by atoms with van der Waals surface area (Å²) in [6, 6.07) is 4.99. The average molecular weight is 426 g/mol. The Morgan fingerprint density at radius 3 is 2.62 bits per heavy atom. The number of ether oxygens (including phenoxy) is 1. The predicted molar refractivity (Wildman–Crippen MR) is 112 cm³/mol. The van der Waals surface area contributed by atoms with Crippen LogP contribution in [0.5, 0.6) is 0 Å². The molecule has 0 saturated carbocycles. The monoisotopic (exact) mass is 425 g/mol. The first-order valence-corrected chi connectivity index (χ1v) is 11.0. The Bertz CT molecular complexity index is 939. The summed E-state index contributed by atoms with van der Waals surface area (Å²) in [5, 5.41) is 2.86. The van der Waals surface area contributed by atoms with E-state index in [2.05, 4.69) is 10.3 Å². The Labute approximate surface area is 172 Å². The molecule has 1 aromatic carbocycles. The van der Waals surface area contributed by atoms with Gasteiger partial charge in [-0.1, -0.05) is 0 Å². The summed E-state index contributed by atoms with van der Waals surface area (Å²) in [5.74, 6) is 0.735. The molecule has 0 spiro atoms. The number of likely N-dealkylation sites (N-methyl/N-ethyl adjacent to an activating group) is 1. The van der Waals surface area contributed by atoms with E-state index >= 15 is 0 Å². The summed E-state index contributed by atoms with van der Waals surface area (Å²) in [6.07, 6.45) is 0.774. The molecule has 0 saturated heterocycles. The molecule has 1 aromatic heterocycles. The topological polar surface area (TPSA) is 96.8 Å². The third-order valence-electron chi connectivity index (χ3n) is 4.57. The summed E-state index contributed by atoms with van der Waals surface area (Å²) < 4.78 is 33.0. The number of fused-ring (bicyclic) bond motifs is 1. The molecule has 10 heteroatoms. The van der Waals surface area contributed by atoms with Crippen LogP contribution in [0.2, 0.25) is 0 Å². The van der Waals surface area contributed by atoms with Crippen LogP contribution < -0.4 is 5.32 Å². The van der Waals surface area contributed by atoms with Crippen molar-refractivity contribution < 1.29 is 17.9 Å². The van der Waals surface area contributed by atoms with Crippen molar-refractivity contribution in [3.63, 3.8) is 0 Å². The summed E-state index contributed by atoms with van der Waals surface area (Å²) in [4.78, 5) is 18.8. The van der Waals surface area contributed by atoms with E-state index in [4.69, 9.17) is 4.74 Å². The minimum absolute atomic E-state index is 0.0536. The largest absolute Gasteiger partial charge is 0.385 e. The molecule has 1 amide bonds. The fourth-order valence-corrected chi connectivity index (χ4v) is 3.97. The Hall–Kier alpha value is -2.01. The molecular formula is C19H31N5O4S. The van der Waals surface area contributed by atoms with Gasteiger partial charge in [0.2, 0.25) is 15.9 Å². The van der Waals surface area contributed by atoms with Gasteiger partial charge in [-0.15, -0.1) is 0 Å². The number of carbonyl (C=O) groups is 1. The molecule has 0 atom stereocenters. The second-order valence-electron chi connectivity index (χ2n) is 7.08. The average Bonchev–Trinajstić information content (AvgIpc) is 3.00. The van der Waals surface area contributed by atoms with Crippen molar-refractivity contribution >= 4 is 27.0 Å². The number of nitrogens with one attached hydrogen (secondary N) is 1. The lowest BCUT2D eigenvalue weighted by atomic mass is 10.3. The van der Waals surface area contributed by atoms with Crippen molar-refractivity contribution in [1.29, 1.82) is 0 Å². The van der Waals surface area contributed by atoms with Gasteiger partial charge in [-0.3, -0.25) is 9.69 Å². The molecule has 0 bridgehead atoms. The summed E-state index contributed by atoms with van der Waals surface area (Å²) in [7, 11) is 2.98. The maximum Gasteiger partial charge on any atom is 0.242 e. The summed E-state index contributed by atoms with van der Waals surface area (Å²) in [6.45, 7) is 4.63. The van der Waals surface area contributed by atoms with E-state index in [1.807, 2.05) is 23.4 Å². The molecule has 9 nitrogen and oxygen atoms in total. The van der Waals surface area contributed by atoms with Crippen molar-refractivity contribution in [2.75, 3.05) is 47.9 Å². The molecule has 29 heavy (non-hydrogen) atoms. The van der Waals surface area contributed by atoms with Crippen LogP contribution in [0.15, 0.2) is 23.1 Å². The number of benzene rings is 1. The van der Waals surface area contributed by atoms with E-state index in [9.17, 15) is 13.2 Å². The molecule has 162 valence electrons. The van der Waals surface area contributed by atoms with E-state index in [-0.39, 0.29) is 17.3 Å². The van der Waals surface area contributed by atoms with Gasteiger partial charge in [-0.05, 0) is 38.6 Å². The maximum atomic E-state index is 12.4. The first-order chi connectivity index (χ1) is 13.7. The number of aromatic nitrogens is 2. The van der Waals surface area contributed by atoms with E-state index in [0.29, 0.717) is 31.8 Å². The van der Waals surface area contributed by atoms with E-state index in [1.165, 1.54) is 18.4 Å². The lowest BCUT2D eigenvalue weighted by molar-refractivity contribution is -0.122. The highest BCUT2D eigenvalue weighted by atomic mass is 32.2. The fraction of sp³-hybridized carbons (Fsp3) is 0.579. The van der Waals surface area contributed by atoms with Crippen molar-refractivity contribution in [3.8, 4) is 0 Å². The first-order valence-electron chi connectivity index (χ1n) is 9.56. The van der Waals surface area contributed by atoms with Crippen LogP contribution in [0, 0.1) is 0 Å². The summed E-state index contributed by atoms with van der Waals surface area (Å²) in [5.41, 5.74) is 1.50. The summed E-state index contributed by atoms with van der Waals surface area (Å²) >= 11 is 0. The van der Waals surface area contributed by atoms with Crippen LogP contribution in [-0.4, -0.2) is 81.0 Å². The third kappa shape index (κ3) is 5.75. The molecule has 1 heterocycles. The standard InChI is InChI=1S/C19H31N5O4S/c1-6-24-17-9-8-15(29(26,27)22(2)3)12-16(17)21-18(24)13-23(4)14-19(25)20-10-7-11-28-5/h8-9,12H,6-7,10-11,13-14H2,1-5H3,(H,20,25). The quantitative estimate of drug-likeness (QED) is 0.537. The van der Waals surface area contributed by atoms with Crippen LogP contribution in [-0.2, 0) is 32.6 Å². The number of nitrogens with zero attached hydrogens (tertiary/aromatic N) is 4. The van der Waals surface area contributed by atoms with Crippen LogP contribution in [0.25, 0.3) is 11.0 Å². The fourth-order valence-electron chi connectivity index (χ4n) is 3.05. The smallest absolute Gasteiger partial charge is 0.242 e. The normalized spacial score (nSPS) is 12.2. The minimum atomic E-state index is -3.52. The van der Waals surface area contributed by atoms with Gasteiger partial charge in [0.25, 0.3) is 0 Å². The number of amides is 1. The highest BCUT2D eigenvalue weighted by molar-refractivity contribution is 7.89. The first kappa shape index (κ1) is 23.3. The molecule has 2 aromatic rings. The zero-order chi connectivity index (χ0) is 21.6. The van der Waals surface area contributed by atoms with Gasteiger partial charge in [0.05, 0.1) is 29.0 Å². The molecule has 0 unspecified atom stereocenters. The second-order valence-corrected chi connectivity index (χ2v) is 9.23. The van der Waals surface area contributed by atoms with Gasteiger partial charge in [-0.25, -0.2) is 17.7 Å². The SMILES string of the molecule is CCn1c(CN(C)CC(=O)NCCCOC)nc2cc(S(=O)(=O)N(C)C)ccc21. The lowest BCUT2D eigenvalue weighted by Gasteiger charge is -2.16. The van der Waals surface area contributed by atoms with Gasteiger partial charge in [0.15, 0.2) is 0 Å². The van der Waals surface area contributed by atoms with Crippen molar-refractivity contribution in [3.05, 3.63) is 24.0 Å². The molecule has 1 N–H and O–H groups in total. The minimum Gasteiger partial charge on any atom is -0.385 e. The van der Waals surface area contributed by atoms with Gasteiger partial charge < -0.3 is 14.6 Å². The zero-order valence-corrected chi connectivity index (χ0v) is 18.6. The highest BCUT2D eigenvalue weighted by Gasteiger charge is 2.20. The second kappa shape index (κ2) is 10.1. The zero-order valence-electron chi connectivity index (χ0n) is 17.8. The number of sulfonamides is 1. The number of methoxy groups -OCH3 is 1. The van der Waals surface area contributed by atoms with Gasteiger partial charge in [0.1, 0.15) is 5.82 Å². The number of hydrogen-bond acceptors (Lipinski definition) is 6. The molecule has 0 fully saturated rings. The third-order valence-corrected chi connectivity index (χ3v) is 6.38. The van der Waals surface area contributed by atoms with Crippen LogP contribution in [0.3, 0.4) is 0 Å². The molecular weight excluding hydrogens is 394 g/mol. The maximum absolute atomic E-state index is 12.4. The van der Waals surface area contributed by atoms with Crippen molar-refractivity contribution in [2.45, 2.75) is 31.3 Å². The number of rotatable bonds is 11. The van der Waals surface area contributed by atoms with Crippen molar-refractivity contribution in [1.82, 2.24) is 24.1 Å². The molecule has 2 rings (SSSR count). The van der Waals surface area contributed by atoms with Gasteiger partial charge >= 0.3 is 0 Å². The van der Waals surface area contributed by atoms with Gasteiger partial charge in [0, 0.05) is 40.9 Å². The Morgan fingerprint density at radius 1 is 1.28 bits per heavy atom.